The molecular weight excluding hydrogens is 262 g/mol. The molecule has 0 aliphatic heterocycles. The molecule has 0 fully saturated rings. The number of nitrogens with zero attached hydrogens (tertiary/aromatic N) is 5. The van der Waals surface area contributed by atoms with E-state index in [4.69, 9.17) is 0 Å². The SMILES string of the molecule is CCCCn1c[n+](Cc2nc3cc(C)c(C)cc3[n-]2)cn1. The third kappa shape index (κ3) is 2.96. The lowest BCUT2D eigenvalue weighted by molar-refractivity contribution is -0.690. The van der Waals surface area contributed by atoms with Crippen molar-refractivity contribution in [1.82, 2.24) is 19.7 Å². The second-order valence-corrected chi connectivity index (χ2v) is 5.60. The van der Waals surface area contributed by atoms with Crippen LogP contribution in [0.5, 0.6) is 0 Å². The molecule has 0 saturated carbocycles. The van der Waals surface area contributed by atoms with E-state index in [0.717, 1.165) is 29.8 Å². The molecule has 2 heterocycles. The third-order valence-electron chi connectivity index (χ3n) is 3.78. The number of unbranched alkanes of at least 4 members (excludes halogenated alkanes) is 1. The number of fused-ring (bicyclic) bond motifs is 1. The summed E-state index contributed by atoms with van der Waals surface area (Å²) in [4.78, 5) is 9.22. The van der Waals surface area contributed by atoms with Crippen molar-refractivity contribution < 1.29 is 4.57 Å². The molecule has 0 atom stereocenters. The highest BCUT2D eigenvalue weighted by Crippen LogP contribution is 2.16. The van der Waals surface area contributed by atoms with Gasteiger partial charge in [0.1, 0.15) is 6.54 Å². The van der Waals surface area contributed by atoms with Crippen molar-refractivity contribution in [1.29, 1.82) is 0 Å². The van der Waals surface area contributed by atoms with Crippen LogP contribution in [0.3, 0.4) is 0 Å². The number of aromatic nitrogens is 5. The minimum Gasteiger partial charge on any atom is -0.437 e. The van der Waals surface area contributed by atoms with Crippen molar-refractivity contribution in [3.63, 3.8) is 0 Å². The van der Waals surface area contributed by atoms with Crippen LogP contribution in [-0.4, -0.2) is 14.8 Å². The largest absolute Gasteiger partial charge is 0.437 e. The molecule has 0 unspecified atom stereocenters. The van der Waals surface area contributed by atoms with Gasteiger partial charge in [-0.2, -0.15) is 0 Å². The van der Waals surface area contributed by atoms with Gasteiger partial charge in [0.25, 0.3) is 6.33 Å². The molecule has 0 amide bonds. The second kappa shape index (κ2) is 5.68. The Morgan fingerprint density at radius 2 is 2.05 bits per heavy atom. The number of benzene rings is 1. The molecule has 0 radical (unpaired) electrons. The normalized spacial score (nSPS) is 11.4. The van der Waals surface area contributed by atoms with Crippen LogP contribution in [0.4, 0.5) is 0 Å². The summed E-state index contributed by atoms with van der Waals surface area (Å²) >= 11 is 0. The van der Waals surface area contributed by atoms with Gasteiger partial charge in [0.15, 0.2) is 0 Å². The predicted molar refractivity (Wildman–Crippen MR) is 81.0 cm³/mol. The van der Waals surface area contributed by atoms with Crippen molar-refractivity contribution in [2.24, 2.45) is 0 Å². The Hall–Kier alpha value is -2.17. The molecule has 0 spiro atoms. The quantitative estimate of drug-likeness (QED) is 0.674. The molecule has 1 aromatic carbocycles. The van der Waals surface area contributed by atoms with Crippen molar-refractivity contribution in [3.05, 3.63) is 41.7 Å². The third-order valence-corrected chi connectivity index (χ3v) is 3.78. The first-order valence-electron chi connectivity index (χ1n) is 7.48. The smallest absolute Gasteiger partial charge is 0.265 e. The van der Waals surface area contributed by atoms with E-state index in [1.165, 1.54) is 17.5 Å². The highest BCUT2D eigenvalue weighted by molar-refractivity contribution is 5.76. The van der Waals surface area contributed by atoms with E-state index in [-0.39, 0.29) is 0 Å². The summed E-state index contributed by atoms with van der Waals surface area (Å²) in [5.74, 6) is 0.843. The summed E-state index contributed by atoms with van der Waals surface area (Å²) in [7, 11) is 0. The Balaban J connectivity index is 1.79. The zero-order valence-corrected chi connectivity index (χ0v) is 12.9. The molecule has 3 aromatic rings. The molecule has 21 heavy (non-hydrogen) atoms. The van der Waals surface area contributed by atoms with E-state index >= 15 is 0 Å². The number of rotatable bonds is 5. The molecule has 0 aliphatic carbocycles. The highest BCUT2D eigenvalue weighted by atomic mass is 15.3. The molecule has 3 rings (SSSR count). The monoisotopic (exact) mass is 283 g/mol. The zero-order chi connectivity index (χ0) is 14.8. The Morgan fingerprint density at radius 3 is 2.86 bits per heavy atom. The van der Waals surface area contributed by atoms with Gasteiger partial charge in [0.05, 0.1) is 6.54 Å². The lowest BCUT2D eigenvalue weighted by Gasteiger charge is -2.01. The van der Waals surface area contributed by atoms with E-state index in [1.807, 2.05) is 21.9 Å². The molecule has 0 aliphatic rings. The van der Waals surface area contributed by atoms with Gasteiger partial charge in [0.2, 0.25) is 6.33 Å². The summed E-state index contributed by atoms with van der Waals surface area (Å²) in [6, 6.07) is 4.22. The van der Waals surface area contributed by atoms with E-state index in [1.54, 1.807) is 0 Å². The van der Waals surface area contributed by atoms with E-state index in [9.17, 15) is 0 Å². The van der Waals surface area contributed by atoms with Gasteiger partial charge in [-0.1, -0.05) is 25.5 Å². The molecule has 0 N–H and O–H groups in total. The first-order valence-corrected chi connectivity index (χ1v) is 7.48. The number of imidazole rings is 1. The van der Waals surface area contributed by atoms with Gasteiger partial charge in [-0.25, -0.2) is 4.57 Å². The Kier molecular flexibility index (Phi) is 3.73. The maximum Gasteiger partial charge on any atom is 0.265 e. The van der Waals surface area contributed by atoms with Gasteiger partial charge in [-0.3, -0.25) is 0 Å². The Bertz CT molecular complexity index is 714. The van der Waals surface area contributed by atoms with Gasteiger partial charge < -0.3 is 9.97 Å². The van der Waals surface area contributed by atoms with Crippen molar-refractivity contribution in [2.45, 2.75) is 46.7 Å². The average molecular weight is 283 g/mol. The fourth-order valence-electron chi connectivity index (χ4n) is 2.38. The van der Waals surface area contributed by atoms with Crippen LogP contribution < -0.4 is 9.55 Å². The summed E-state index contributed by atoms with van der Waals surface area (Å²) in [5.41, 5.74) is 4.47. The molecule has 5 nitrogen and oxygen atoms in total. The minimum absolute atomic E-state index is 0.666. The standard InChI is InChI=1S/C16H21N5/c1-4-5-6-21-11-20(10-17-21)9-16-18-14-7-12(2)13(3)8-15(14)19-16/h7-8,10-11H,4-6,9H2,1-3H3. The maximum atomic E-state index is 4.61. The lowest BCUT2D eigenvalue weighted by Crippen LogP contribution is -2.32. The maximum absolute atomic E-state index is 4.61. The van der Waals surface area contributed by atoms with Gasteiger partial charge in [0, 0.05) is 5.10 Å². The number of hydrogen-bond donors (Lipinski definition) is 0. The molecule has 2 aromatic heterocycles. The summed E-state index contributed by atoms with van der Waals surface area (Å²) in [6.45, 7) is 8.03. The van der Waals surface area contributed by atoms with Crippen LogP contribution in [0.2, 0.25) is 0 Å². The van der Waals surface area contributed by atoms with E-state index in [2.05, 4.69) is 48.0 Å². The summed E-state index contributed by atoms with van der Waals surface area (Å²) in [6.07, 6.45) is 6.19. The van der Waals surface area contributed by atoms with Gasteiger partial charge in [-0.15, -0.1) is 4.68 Å². The average Bonchev–Trinajstić information content (AvgIpc) is 3.04. The molecule has 110 valence electrons. The second-order valence-electron chi connectivity index (χ2n) is 5.60. The predicted octanol–water partition coefficient (Wildman–Crippen LogP) is 2.14. The van der Waals surface area contributed by atoms with Crippen LogP contribution in [0.1, 0.15) is 36.7 Å². The summed E-state index contributed by atoms with van der Waals surface area (Å²) < 4.78 is 4.00. The van der Waals surface area contributed by atoms with E-state index < -0.39 is 0 Å². The van der Waals surface area contributed by atoms with Crippen molar-refractivity contribution in [2.75, 3.05) is 0 Å². The fourth-order valence-corrected chi connectivity index (χ4v) is 2.38. The van der Waals surface area contributed by atoms with E-state index in [0.29, 0.717) is 6.54 Å². The Morgan fingerprint density at radius 1 is 1.24 bits per heavy atom. The van der Waals surface area contributed by atoms with Crippen LogP contribution in [-0.2, 0) is 13.1 Å². The molecule has 0 saturated heterocycles. The van der Waals surface area contributed by atoms with Crippen LogP contribution in [0, 0.1) is 13.8 Å². The van der Waals surface area contributed by atoms with Crippen LogP contribution in [0.25, 0.3) is 11.0 Å². The van der Waals surface area contributed by atoms with Gasteiger partial charge >= 0.3 is 0 Å². The summed E-state index contributed by atoms with van der Waals surface area (Å²) in [5, 5.41) is 4.36. The molecule has 0 bridgehead atoms. The first kappa shape index (κ1) is 13.8. The topological polar surface area (TPSA) is 48.7 Å². The Labute approximate surface area is 124 Å². The van der Waals surface area contributed by atoms with Crippen molar-refractivity contribution in [3.8, 4) is 0 Å². The fraction of sp³-hybridized carbons (Fsp3) is 0.438. The highest BCUT2D eigenvalue weighted by Gasteiger charge is 2.05. The lowest BCUT2D eigenvalue weighted by atomic mass is 10.1. The number of hydrogen-bond acceptors (Lipinski definition) is 2. The molecule has 5 heteroatoms. The van der Waals surface area contributed by atoms with Crippen LogP contribution in [0.15, 0.2) is 24.8 Å². The number of aryl methyl sites for hydroxylation is 3. The van der Waals surface area contributed by atoms with Crippen molar-refractivity contribution >= 4 is 11.0 Å². The van der Waals surface area contributed by atoms with Crippen LogP contribution >= 0.6 is 0 Å². The zero-order valence-electron chi connectivity index (χ0n) is 12.9. The first-order chi connectivity index (χ1) is 10.2. The van der Waals surface area contributed by atoms with Gasteiger partial charge in [-0.05, 0) is 48.3 Å². The minimum atomic E-state index is 0.666. The molecular formula is C16H21N5.